The molecular weight excluding hydrogens is 340 g/mol. The predicted molar refractivity (Wildman–Crippen MR) is 96.1 cm³/mol. The van der Waals surface area contributed by atoms with Crippen LogP contribution in [0, 0.1) is 0 Å². The number of amides is 1. The molecule has 0 bridgehead atoms. The third-order valence-electron chi connectivity index (χ3n) is 4.80. The van der Waals surface area contributed by atoms with E-state index in [1.807, 2.05) is 29.7 Å². The second kappa shape index (κ2) is 7.13. The first-order valence-electron chi connectivity index (χ1n) is 8.65. The Morgan fingerprint density at radius 2 is 1.76 bits per heavy atom. The summed E-state index contributed by atoms with van der Waals surface area (Å²) in [6.07, 6.45) is 0. The van der Waals surface area contributed by atoms with Gasteiger partial charge in [0.25, 0.3) is 10.0 Å². The molecule has 25 heavy (non-hydrogen) atoms. The van der Waals surface area contributed by atoms with Crippen LogP contribution in [0.1, 0.15) is 19.4 Å². The first-order valence-corrected chi connectivity index (χ1v) is 10.1. The topological polar surface area (TPSA) is 73.3 Å². The van der Waals surface area contributed by atoms with Gasteiger partial charge in [0.05, 0.1) is 6.54 Å². The molecule has 0 N–H and O–H groups in total. The summed E-state index contributed by atoms with van der Waals surface area (Å²) in [5, 5.41) is 0. The molecule has 3 rings (SSSR count). The SMILES string of the molecule is CCN(CC)CC(=O)N1CCN(C2=NS(=O)(=O)c3ccccc32)CC1. The maximum absolute atomic E-state index is 12.4. The van der Waals surface area contributed by atoms with Gasteiger partial charge in [-0.3, -0.25) is 9.69 Å². The Bertz CT molecular complexity index is 779. The van der Waals surface area contributed by atoms with Crippen LogP contribution in [-0.2, 0) is 14.8 Å². The highest BCUT2D eigenvalue weighted by atomic mass is 32.2. The third kappa shape index (κ3) is 3.55. The summed E-state index contributed by atoms with van der Waals surface area (Å²) >= 11 is 0. The first kappa shape index (κ1) is 17.9. The molecule has 1 aromatic rings. The molecule has 2 aliphatic rings. The molecule has 8 heteroatoms. The number of hydrogen-bond donors (Lipinski definition) is 0. The van der Waals surface area contributed by atoms with Gasteiger partial charge in [0.15, 0.2) is 5.84 Å². The molecule has 1 amide bonds. The Balaban J connectivity index is 1.67. The molecule has 0 unspecified atom stereocenters. The van der Waals surface area contributed by atoms with Crippen molar-refractivity contribution in [3.05, 3.63) is 29.8 Å². The Hall–Kier alpha value is -1.93. The first-order chi connectivity index (χ1) is 12.0. The van der Waals surface area contributed by atoms with Gasteiger partial charge in [-0.2, -0.15) is 8.42 Å². The van der Waals surface area contributed by atoms with Gasteiger partial charge in [-0.05, 0) is 25.2 Å². The Kier molecular flexibility index (Phi) is 5.10. The van der Waals surface area contributed by atoms with Crippen molar-refractivity contribution in [2.75, 3.05) is 45.8 Å². The number of carbonyl (C=O) groups is 1. The molecule has 0 aliphatic carbocycles. The average molecular weight is 364 g/mol. The Morgan fingerprint density at radius 3 is 2.40 bits per heavy atom. The quantitative estimate of drug-likeness (QED) is 0.783. The number of rotatable bonds is 4. The van der Waals surface area contributed by atoms with Crippen molar-refractivity contribution in [2.45, 2.75) is 18.7 Å². The van der Waals surface area contributed by atoms with E-state index in [1.54, 1.807) is 18.2 Å². The molecule has 0 spiro atoms. The zero-order valence-electron chi connectivity index (χ0n) is 14.7. The van der Waals surface area contributed by atoms with E-state index >= 15 is 0 Å². The van der Waals surface area contributed by atoms with Crippen molar-refractivity contribution in [3.63, 3.8) is 0 Å². The molecule has 1 fully saturated rings. The van der Waals surface area contributed by atoms with Crippen LogP contribution in [0.25, 0.3) is 0 Å². The van der Waals surface area contributed by atoms with E-state index < -0.39 is 10.0 Å². The molecule has 1 aromatic carbocycles. The van der Waals surface area contributed by atoms with Gasteiger partial charge in [-0.1, -0.05) is 26.0 Å². The highest BCUT2D eigenvalue weighted by Crippen LogP contribution is 2.27. The predicted octanol–water partition coefficient (Wildman–Crippen LogP) is 0.622. The number of likely N-dealkylation sites (N-methyl/N-ethyl adjacent to an activating group) is 1. The molecule has 136 valence electrons. The van der Waals surface area contributed by atoms with E-state index in [9.17, 15) is 13.2 Å². The van der Waals surface area contributed by atoms with Gasteiger partial charge in [-0.15, -0.1) is 4.40 Å². The Morgan fingerprint density at radius 1 is 1.12 bits per heavy atom. The van der Waals surface area contributed by atoms with E-state index in [-0.39, 0.29) is 10.8 Å². The lowest BCUT2D eigenvalue weighted by Crippen LogP contribution is -2.52. The number of benzene rings is 1. The molecule has 7 nitrogen and oxygen atoms in total. The highest BCUT2D eigenvalue weighted by molar-refractivity contribution is 7.90. The lowest BCUT2D eigenvalue weighted by atomic mass is 10.1. The van der Waals surface area contributed by atoms with Crippen molar-refractivity contribution < 1.29 is 13.2 Å². The fourth-order valence-electron chi connectivity index (χ4n) is 3.22. The standard InChI is InChI=1S/C17H24N4O3S/c1-3-19(4-2)13-16(22)20-9-11-21(12-10-20)17-14-7-5-6-8-15(14)25(23,24)18-17/h5-8H,3-4,9-13H2,1-2H3. The number of carbonyl (C=O) groups excluding carboxylic acids is 1. The largest absolute Gasteiger partial charge is 0.352 e. The lowest BCUT2D eigenvalue weighted by molar-refractivity contribution is -0.133. The highest BCUT2D eigenvalue weighted by Gasteiger charge is 2.33. The van der Waals surface area contributed by atoms with Gasteiger partial charge < -0.3 is 9.80 Å². The normalized spacial score (nSPS) is 19.1. The minimum absolute atomic E-state index is 0.129. The van der Waals surface area contributed by atoms with E-state index in [0.717, 1.165) is 13.1 Å². The van der Waals surface area contributed by atoms with Crippen LogP contribution in [0.5, 0.6) is 0 Å². The summed E-state index contributed by atoms with van der Waals surface area (Å²) in [6.45, 7) is 8.59. The van der Waals surface area contributed by atoms with Crippen LogP contribution in [-0.4, -0.2) is 80.7 Å². The monoisotopic (exact) mass is 364 g/mol. The van der Waals surface area contributed by atoms with Crippen molar-refractivity contribution in [1.82, 2.24) is 14.7 Å². The van der Waals surface area contributed by atoms with Crippen LogP contribution >= 0.6 is 0 Å². The van der Waals surface area contributed by atoms with Crippen LogP contribution < -0.4 is 0 Å². The van der Waals surface area contributed by atoms with Crippen LogP contribution in [0.2, 0.25) is 0 Å². The summed E-state index contributed by atoms with van der Waals surface area (Å²) in [6, 6.07) is 6.90. The van der Waals surface area contributed by atoms with Crippen LogP contribution in [0.15, 0.2) is 33.6 Å². The lowest BCUT2D eigenvalue weighted by Gasteiger charge is -2.36. The van der Waals surface area contributed by atoms with Crippen molar-refractivity contribution >= 4 is 21.8 Å². The number of sulfonamides is 1. The van der Waals surface area contributed by atoms with Gasteiger partial charge >= 0.3 is 0 Å². The van der Waals surface area contributed by atoms with Crippen molar-refractivity contribution in [1.29, 1.82) is 0 Å². The second-order valence-electron chi connectivity index (χ2n) is 6.22. The van der Waals surface area contributed by atoms with E-state index in [2.05, 4.69) is 9.30 Å². The zero-order valence-corrected chi connectivity index (χ0v) is 15.5. The fourth-order valence-corrected chi connectivity index (χ4v) is 4.45. The molecule has 0 aromatic heterocycles. The molecule has 2 heterocycles. The summed E-state index contributed by atoms with van der Waals surface area (Å²) in [4.78, 5) is 18.6. The molecule has 1 saturated heterocycles. The second-order valence-corrected chi connectivity index (χ2v) is 7.79. The zero-order chi connectivity index (χ0) is 18.0. The average Bonchev–Trinajstić information content (AvgIpc) is 2.91. The van der Waals surface area contributed by atoms with Crippen LogP contribution in [0.4, 0.5) is 0 Å². The summed E-state index contributed by atoms with van der Waals surface area (Å²) in [7, 11) is -3.60. The van der Waals surface area contributed by atoms with E-state index in [1.165, 1.54) is 0 Å². The minimum atomic E-state index is -3.60. The number of amidine groups is 1. The maximum atomic E-state index is 12.4. The molecule has 2 aliphatic heterocycles. The maximum Gasteiger partial charge on any atom is 0.285 e. The fraction of sp³-hybridized carbons (Fsp3) is 0.529. The molecule has 0 radical (unpaired) electrons. The molecule has 0 atom stereocenters. The van der Waals surface area contributed by atoms with Gasteiger partial charge in [0.1, 0.15) is 4.90 Å². The number of hydrogen-bond acceptors (Lipinski definition) is 5. The van der Waals surface area contributed by atoms with Crippen molar-refractivity contribution in [3.8, 4) is 0 Å². The number of piperazine rings is 1. The summed E-state index contributed by atoms with van der Waals surface area (Å²) in [5.74, 6) is 0.635. The third-order valence-corrected chi connectivity index (χ3v) is 6.12. The van der Waals surface area contributed by atoms with Crippen LogP contribution in [0.3, 0.4) is 0 Å². The minimum Gasteiger partial charge on any atom is -0.352 e. The van der Waals surface area contributed by atoms with E-state index in [4.69, 9.17) is 0 Å². The molecular formula is C17H24N4O3S. The summed E-state index contributed by atoms with van der Waals surface area (Å²) in [5.41, 5.74) is 0.658. The Labute approximate surface area is 149 Å². The molecule has 0 saturated carbocycles. The van der Waals surface area contributed by atoms with E-state index in [0.29, 0.717) is 44.1 Å². The van der Waals surface area contributed by atoms with Gasteiger partial charge in [-0.25, -0.2) is 0 Å². The van der Waals surface area contributed by atoms with Gasteiger partial charge in [0, 0.05) is 31.7 Å². The summed E-state index contributed by atoms with van der Waals surface area (Å²) < 4.78 is 28.3. The van der Waals surface area contributed by atoms with Gasteiger partial charge in [0.2, 0.25) is 5.91 Å². The number of nitrogens with zero attached hydrogens (tertiary/aromatic N) is 4. The van der Waals surface area contributed by atoms with Crippen molar-refractivity contribution in [2.24, 2.45) is 4.40 Å². The number of fused-ring (bicyclic) bond motifs is 1. The smallest absolute Gasteiger partial charge is 0.285 e.